The van der Waals surface area contributed by atoms with Gasteiger partial charge in [0.25, 0.3) is 0 Å². The summed E-state index contributed by atoms with van der Waals surface area (Å²) in [5, 5.41) is 0.777. The Hall–Kier alpha value is -0.820. The smallest absolute Gasteiger partial charge is 0.225 e. The highest BCUT2D eigenvalue weighted by molar-refractivity contribution is 9.10. The van der Waals surface area contributed by atoms with Crippen LogP contribution in [0.15, 0.2) is 15.8 Å². The van der Waals surface area contributed by atoms with Gasteiger partial charge in [-0.1, -0.05) is 11.8 Å². The normalized spacial score (nSPS) is 19.3. The summed E-state index contributed by atoms with van der Waals surface area (Å²) in [5.74, 6) is 1.59. The fourth-order valence-corrected chi connectivity index (χ4v) is 3.17. The second-order valence-electron chi connectivity index (χ2n) is 5.11. The van der Waals surface area contributed by atoms with Crippen LogP contribution in [0.1, 0.15) is 12.8 Å². The first-order valence-corrected chi connectivity index (χ1v) is 8.81. The molecule has 20 heavy (non-hydrogen) atoms. The Labute approximate surface area is 131 Å². The van der Waals surface area contributed by atoms with E-state index in [1.54, 1.807) is 6.20 Å². The van der Waals surface area contributed by atoms with Gasteiger partial charge in [0, 0.05) is 38.3 Å². The van der Waals surface area contributed by atoms with Crippen molar-refractivity contribution in [1.82, 2.24) is 14.9 Å². The molecule has 0 radical (unpaired) electrons. The molecule has 1 aliphatic carbocycles. The molecule has 0 bridgehead atoms. The van der Waals surface area contributed by atoms with Gasteiger partial charge in [-0.3, -0.25) is 4.79 Å². The number of piperazine rings is 1. The minimum Gasteiger partial charge on any atom is -0.352 e. The number of thioether (sulfide) groups is 1. The van der Waals surface area contributed by atoms with Crippen molar-refractivity contribution in [2.24, 2.45) is 5.92 Å². The molecular formula is C13H17BrN4OS. The highest BCUT2D eigenvalue weighted by Gasteiger charge is 2.34. The fraction of sp³-hybridized carbons (Fsp3) is 0.615. The Morgan fingerprint density at radius 3 is 2.65 bits per heavy atom. The quantitative estimate of drug-likeness (QED) is 0.612. The van der Waals surface area contributed by atoms with E-state index in [9.17, 15) is 4.79 Å². The molecule has 1 saturated carbocycles. The SMILES string of the molecule is CSc1ncc(Br)c(N2CCN(C(=O)C3CC3)CC2)n1. The maximum atomic E-state index is 12.0. The van der Waals surface area contributed by atoms with E-state index in [0.29, 0.717) is 11.8 Å². The molecule has 5 nitrogen and oxygen atoms in total. The maximum Gasteiger partial charge on any atom is 0.225 e. The van der Waals surface area contributed by atoms with Crippen molar-refractivity contribution in [3.05, 3.63) is 10.7 Å². The van der Waals surface area contributed by atoms with Crippen molar-refractivity contribution in [3.8, 4) is 0 Å². The summed E-state index contributed by atoms with van der Waals surface area (Å²) in [6.45, 7) is 3.25. The van der Waals surface area contributed by atoms with Gasteiger partial charge in [-0.25, -0.2) is 9.97 Å². The van der Waals surface area contributed by atoms with Crippen LogP contribution in [-0.4, -0.2) is 53.2 Å². The third kappa shape index (κ3) is 2.93. The molecule has 0 unspecified atom stereocenters. The minimum absolute atomic E-state index is 0.315. The first-order chi connectivity index (χ1) is 9.69. The van der Waals surface area contributed by atoms with Crippen molar-refractivity contribution in [2.45, 2.75) is 18.0 Å². The second-order valence-corrected chi connectivity index (χ2v) is 6.74. The van der Waals surface area contributed by atoms with Gasteiger partial charge >= 0.3 is 0 Å². The molecule has 0 atom stereocenters. The van der Waals surface area contributed by atoms with E-state index >= 15 is 0 Å². The lowest BCUT2D eigenvalue weighted by atomic mass is 10.2. The number of rotatable bonds is 3. The minimum atomic E-state index is 0.315. The molecule has 2 fully saturated rings. The van der Waals surface area contributed by atoms with Gasteiger partial charge in [0.15, 0.2) is 5.16 Å². The Balaban J connectivity index is 1.66. The third-order valence-corrected chi connectivity index (χ3v) is 4.82. The van der Waals surface area contributed by atoms with E-state index in [4.69, 9.17) is 0 Å². The van der Waals surface area contributed by atoms with E-state index in [1.165, 1.54) is 11.8 Å². The molecule has 3 rings (SSSR count). The van der Waals surface area contributed by atoms with Crippen LogP contribution in [0.5, 0.6) is 0 Å². The predicted octanol–water partition coefficient (Wildman–Crippen LogP) is 2.02. The Bertz CT molecular complexity index is 515. The number of halogens is 1. The number of anilines is 1. The molecule has 2 aliphatic rings. The van der Waals surface area contributed by atoms with E-state index < -0.39 is 0 Å². The summed E-state index contributed by atoms with van der Waals surface area (Å²) in [4.78, 5) is 25.1. The first-order valence-electron chi connectivity index (χ1n) is 6.79. The van der Waals surface area contributed by atoms with Crippen LogP contribution >= 0.6 is 27.7 Å². The van der Waals surface area contributed by atoms with E-state index in [-0.39, 0.29) is 0 Å². The van der Waals surface area contributed by atoms with Crippen molar-refractivity contribution in [2.75, 3.05) is 37.3 Å². The van der Waals surface area contributed by atoms with Gasteiger partial charge in [-0.15, -0.1) is 0 Å². The van der Waals surface area contributed by atoms with Gasteiger partial charge in [-0.2, -0.15) is 0 Å². The van der Waals surface area contributed by atoms with Crippen LogP contribution in [-0.2, 0) is 4.79 Å². The lowest BCUT2D eigenvalue weighted by Crippen LogP contribution is -2.49. The highest BCUT2D eigenvalue weighted by atomic mass is 79.9. The van der Waals surface area contributed by atoms with E-state index in [2.05, 4.69) is 30.8 Å². The molecular weight excluding hydrogens is 340 g/mol. The molecule has 2 heterocycles. The average molecular weight is 357 g/mol. The molecule has 1 amide bonds. The van der Waals surface area contributed by atoms with Crippen LogP contribution < -0.4 is 4.90 Å². The Morgan fingerprint density at radius 2 is 2.05 bits per heavy atom. The summed E-state index contributed by atoms with van der Waals surface area (Å²) in [6, 6.07) is 0. The van der Waals surface area contributed by atoms with Crippen LogP contribution in [0, 0.1) is 5.92 Å². The largest absolute Gasteiger partial charge is 0.352 e. The number of aromatic nitrogens is 2. The van der Waals surface area contributed by atoms with Gasteiger partial charge in [0.05, 0.1) is 4.47 Å². The zero-order chi connectivity index (χ0) is 14.1. The molecule has 1 aromatic rings. The zero-order valence-corrected chi connectivity index (χ0v) is 13.8. The number of carbonyl (C=O) groups is 1. The van der Waals surface area contributed by atoms with Crippen molar-refractivity contribution in [3.63, 3.8) is 0 Å². The number of nitrogens with zero attached hydrogens (tertiary/aromatic N) is 4. The first kappa shape index (κ1) is 14.1. The van der Waals surface area contributed by atoms with Crippen molar-refractivity contribution >= 4 is 39.4 Å². The van der Waals surface area contributed by atoms with Gasteiger partial charge in [-0.05, 0) is 35.0 Å². The summed E-state index contributed by atoms with van der Waals surface area (Å²) in [7, 11) is 0. The van der Waals surface area contributed by atoms with Gasteiger partial charge in [0.2, 0.25) is 5.91 Å². The Morgan fingerprint density at radius 1 is 1.35 bits per heavy atom. The Kier molecular flexibility index (Phi) is 4.16. The van der Waals surface area contributed by atoms with Crippen molar-refractivity contribution in [1.29, 1.82) is 0 Å². The number of hydrogen-bond donors (Lipinski definition) is 0. The number of hydrogen-bond acceptors (Lipinski definition) is 5. The summed E-state index contributed by atoms with van der Waals surface area (Å²) in [6.07, 6.45) is 5.93. The van der Waals surface area contributed by atoms with Gasteiger partial charge in [0.1, 0.15) is 5.82 Å². The maximum absolute atomic E-state index is 12.0. The zero-order valence-electron chi connectivity index (χ0n) is 11.4. The molecule has 0 N–H and O–H groups in total. The van der Waals surface area contributed by atoms with E-state index in [0.717, 1.165) is 54.5 Å². The third-order valence-electron chi connectivity index (χ3n) is 3.70. The average Bonchev–Trinajstić information content (AvgIpc) is 3.32. The molecule has 108 valence electrons. The van der Waals surface area contributed by atoms with Crippen LogP contribution in [0.3, 0.4) is 0 Å². The standard InChI is InChI=1S/C13H17BrN4OS/c1-20-13-15-8-10(14)11(16-13)17-4-6-18(7-5-17)12(19)9-2-3-9/h8-9H,2-7H2,1H3. The number of carbonyl (C=O) groups excluding carboxylic acids is 1. The predicted molar refractivity (Wildman–Crippen MR) is 83.0 cm³/mol. The monoisotopic (exact) mass is 356 g/mol. The molecule has 1 aliphatic heterocycles. The molecule has 0 spiro atoms. The van der Waals surface area contributed by atoms with Crippen LogP contribution in [0.2, 0.25) is 0 Å². The number of amides is 1. The van der Waals surface area contributed by atoms with Gasteiger partial charge < -0.3 is 9.80 Å². The molecule has 0 aromatic carbocycles. The molecule has 1 saturated heterocycles. The summed E-state index contributed by atoms with van der Waals surface area (Å²) < 4.78 is 0.914. The summed E-state index contributed by atoms with van der Waals surface area (Å²) >= 11 is 5.05. The lowest BCUT2D eigenvalue weighted by molar-refractivity contribution is -0.132. The second kappa shape index (κ2) is 5.89. The van der Waals surface area contributed by atoms with Crippen LogP contribution in [0.25, 0.3) is 0 Å². The molecule has 7 heteroatoms. The topological polar surface area (TPSA) is 49.3 Å². The molecule has 1 aromatic heterocycles. The van der Waals surface area contributed by atoms with Crippen LogP contribution in [0.4, 0.5) is 5.82 Å². The fourth-order valence-electron chi connectivity index (χ4n) is 2.39. The van der Waals surface area contributed by atoms with E-state index in [1.807, 2.05) is 11.2 Å². The lowest BCUT2D eigenvalue weighted by Gasteiger charge is -2.35. The van der Waals surface area contributed by atoms with Crippen molar-refractivity contribution < 1.29 is 4.79 Å². The summed E-state index contributed by atoms with van der Waals surface area (Å²) in [5.41, 5.74) is 0. The highest BCUT2D eigenvalue weighted by Crippen LogP contribution is 2.32.